The van der Waals surface area contributed by atoms with E-state index in [1.54, 1.807) is 0 Å². The predicted octanol–water partition coefficient (Wildman–Crippen LogP) is 6.26. The molecular formula is C20H32F2O2. The third-order valence-electron chi connectivity index (χ3n) is 5.92. The Bertz CT molecular complexity index is 402. The lowest BCUT2D eigenvalue weighted by atomic mass is 9.70. The molecule has 2 fully saturated rings. The molecule has 0 radical (unpaired) electrons. The van der Waals surface area contributed by atoms with Crippen molar-refractivity contribution in [3.63, 3.8) is 0 Å². The van der Waals surface area contributed by atoms with Gasteiger partial charge in [0.05, 0.1) is 0 Å². The summed E-state index contributed by atoms with van der Waals surface area (Å²) in [5.41, 5.74) is 0. The number of carbonyl (C=O) groups is 1. The molecule has 2 nitrogen and oxygen atoms in total. The van der Waals surface area contributed by atoms with Crippen LogP contribution in [0.1, 0.15) is 84.0 Å². The summed E-state index contributed by atoms with van der Waals surface area (Å²) in [5, 5.41) is 0. The van der Waals surface area contributed by atoms with Crippen LogP contribution in [0.2, 0.25) is 0 Å². The molecule has 0 aliphatic heterocycles. The highest BCUT2D eigenvalue weighted by atomic mass is 19.3. The van der Waals surface area contributed by atoms with Gasteiger partial charge in [-0.2, -0.15) is 8.78 Å². The topological polar surface area (TPSA) is 26.3 Å². The molecular weight excluding hydrogens is 310 g/mol. The maximum Gasteiger partial charge on any atom is 0.306 e. The standard InChI is InChI=1S/C20H32F2O2/c1-2-4-15-7-9-16(10-8-15)17-11-13-18(14-12-17)24-20(23)6-3-5-19(21)22/h5,15-18H,2-4,6-14H2,1H3. The first kappa shape index (κ1) is 19.4. The Balaban J connectivity index is 1.63. The second-order valence-electron chi connectivity index (χ2n) is 7.63. The van der Waals surface area contributed by atoms with Gasteiger partial charge in [-0.15, -0.1) is 0 Å². The van der Waals surface area contributed by atoms with Crippen molar-refractivity contribution in [2.24, 2.45) is 17.8 Å². The van der Waals surface area contributed by atoms with Crippen LogP contribution in [0.3, 0.4) is 0 Å². The Labute approximate surface area is 145 Å². The molecule has 0 aromatic heterocycles. The van der Waals surface area contributed by atoms with Crippen molar-refractivity contribution in [2.75, 3.05) is 0 Å². The first-order chi connectivity index (χ1) is 11.6. The minimum atomic E-state index is -1.73. The van der Waals surface area contributed by atoms with Gasteiger partial charge in [0.2, 0.25) is 0 Å². The first-order valence-electron chi connectivity index (χ1n) is 9.79. The average Bonchev–Trinajstić information content (AvgIpc) is 2.56. The molecule has 2 aliphatic rings. The lowest BCUT2D eigenvalue weighted by Crippen LogP contribution is -2.29. The fourth-order valence-electron chi connectivity index (χ4n) is 4.58. The van der Waals surface area contributed by atoms with E-state index in [2.05, 4.69) is 6.92 Å². The van der Waals surface area contributed by atoms with Crippen molar-refractivity contribution in [1.29, 1.82) is 0 Å². The van der Waals surface area contributed by atoms with Crippen molar-refractivity contribution >= 4 is 5.97 Å². The summed E-state index contributed by atoms with van der Waals surface area (Å²) in [6, 6.07) is 0. The summed E-state index contributed by atoms with van der Waals surface area (Å²) in [4.78, 5) is 11.7. The van der Waals surface area contributed by atoms with E-state index in [0.717, 1.165) is 49.5 Å². The fourth-order valence-corrected chi connectivity index (χ4v) is 4.58. The van der Waals surface area contributed by atoms with Gasteiger partial charge in [0.1, 0.15) is 6.10 Å². The maximum absolute atomic E-state index is 11.9. The molecule has 0 unspecified atom stereocenters. The van der Waals surface area contributed by atoms with E-state index in [-0.39, 0.29) is 24.9 Å². The van der Waals surface area contributed by atoms with Gasteiger partial charge < -0.3 is 4.74 Å². The van der Waals surface area contributed by atoms with Crippen LogP contribution in [-0.2, 0) is 9.53 Å². The second kappa shape index (κ2) is 10.1. The van der Waals surface area contributed by atoms with Crippen LogP contribution in [0.25, 0.3) is 0 Å². The van der Waals surface area contributed by atoms with E-state index < -0.39 is 6.08 Å². The van der Waals surface area contributed by atoms with Crippen LogP contribution in [0.4, 0.5) is 8.78 Å². The smallest absolute Gasteiger partial charge is 0.306 e. The monoisotopic (exact) mass is 342 g/mol. The minimum absolute atomic E-state index is 0.00406. The number of carbonyl (C=O) groups excluding carboxylic acids is 1. The van der Waals surface area contributed by atoms with Crippen LogP contribution < -0.4 is 0 Å². The van der Waals surface area contributed by atoms with E-state index in [4.69, 9.17) is 4.74 Å². The lowest BCUT2D eigenvalue weighted by Gasteiger charge is -2.37. The highest BCUT2D eigenvalue weighted by Gasteiger charge is 2.31. The molecule has 0 spiro atoms. The molecule has 24 heavy (non-hydrogen) atoms. The number of allylic oxidation sites excluding steroid dienone is 1. The molecule has 0 aromatic carbocycles. The number of halogens is 2. The van der Waals surface area contributed by atoms with E-state index in [9.17, 15) is 13.6 Å². The highest BCUT2D eigenvalue weighted by Crippen LogP contribution is 2.41. The maximum atomic E-state index is 11.9. The van der Waals surface area contributed by atoms with Crippen LogP contribution in [0, 0.1) is 17.8 Å². The van der Waals surface area contributed by atoms with Crippen LogP contribution in [0.5, 0.6) is 0 Å². The van der Waals surface area contributed by atoms with E-state index in [1.165, 1.54) is 38.5 Å². The third-order valence-corrected chi connectivity index (χ3v) is 5.92. The molecule has 0 amide bonds. The SMILES string of the molecule is CCCC1CCC(C2CCC(OC(=O)CCC=C(F)F)CC2)CC1. The van der Waals surface area contributed by atoms with Crippen molar-refractivity contribution < 1.29 is 18.3 Å². The van der Waals surface area contributed by atoms with Crippen LogP contribution >= 0.6 is 0 Å². The summed E-state index contributed by atoms with van der Waals surface area (Å²) in [7, 11) is 0. The van der Waals surface area contributed by atoms with E-state index >= 15 is 0 Å². The molecule has 0 N–H and O–H groups in total. The van der Waals surface area contributed by atoms with Crippen molar-refractivity contribution in [3.8, 4) is 0 Å². The van der Waals surface area contributed by atoms with Crippen LogP contribution in [-0.4, -0.2) is 12.1 Å². The molecule has 0 saturated heterocycles. The Kier molecular flexibility index (Phi) is 8.20. The number of rotatable bonds is 7. The molecule has 138 valence electrons. The van der Waals surface area contributed by atoms with Crippen LogP contribution in [0.15, 0.2) is 12.2 Å². The number of hydrogen-bond donors (Lipinski definition) is 0. The minimum Gasteiger partial charge on any atom is -0.462 e. The number of hydrogen-bond acceptors (Lipinski definition) is 2. The largest absolute Gasteiger partial charge is 0.462 e. The number of esters is 1. The Hall–Kier alpha value is -0.930. The highest BCUT2D eigenvalue weighted by molar-refractivity contribution is 5.69. The zero-order valence-corrected chi connectivity index (χ0v) is 14.9. The van der Waals surface area contributed by atoms with E-state index in [0.29, 0.717) is 0 Å². The van der Waals surface area contributed by atoms with Crippen molar-refractivity contribution in [3.05, 3.63) is 12.2 Å². The quantitative estimate of drug-likeness (QED) is 0.511. The molecule has 2 saturated carbocycles. The lowest BCUT2D eigenvalue weighted by molar-refractivity contribution is -0.151. The number of ether oxygens (including phenoxy) is 1. The van der Waals surface area contributed by atoms with Gasteiger partial charge in [0.15, 0.2) is 0 Å². The first-order valence-corrected chi connectivity index (χ1v) is 9.79. The van der Waals surface area contributed by atoms with Gasteiger partial charge in [0, 0.05) is 6.42 Å². The molecule has 2 aliphatic carbocycles. The average molecular weight is 342 g/mol. The Morgan fingerprint density at radius 3 is 2.12 bits per heavy atom. The van der Waals surface area contributed by atoms with Gasteiger partial charge in [-0.05, 0) is 68.8 Å². The summed E-state index contributed by atoms with van der Waals surface area (Å²) in [6.45, 7) is 2.28. The van der Waals surface area contributed by atoms with Gasteiger partial charge in [-0.3, -0.25) is 4.79 Å². The molecule has 0 bridgehead atoms. The summed E-state index contributed by atoms with van der Waals surface area (Å²) < 4.78 is 29.3. The molecule has 4 heteroatoms. The van der Waals surface area contributed by atoms with E-state index in [1.807, 2.05) is 0 Å². The van der Waals surface area contributed by atoms with Gasteiger partial charge in [0.25, 0.3) is 6.08 Å². The fraction of sp³-hybridized carbons (Fsp3) is 0.850. The normalized spacial score (nSPS) is 30.6. The summed E-state index contributed by atoms with van der Waals surface area (Å²) >= 11 is 0. The zero-order valence-electron chi connectivity index (χ0n) is 14.9. The van der Waals surface area contributed by atoms with Gasteiger partial charge in [-0.25, -0.2) is 0 Å². The molecule has 0 atom stereocenters. The molecule has 2 rings (SSSR count). The third kappa shape index (κ3) is 6.52. The van der Waals surface area contributed by atoms with Gasteiger partial charge in [-0.1, -0.05) is 32.6 Å². The molecule has 0 heterocycles. The molecule has 0 aromatic rings. The van der Waals surface area contributed by atoms with Crippen molar-refractivity contribution in [1.82, 2.24) is 0 Å². The van der Waals surface area contributed by atoms with Crippen molar-refractivity contribution in [2.45, 2.75) is 90.1 Å². The van der Waals surface area contributed by atoms with Gasteiger partial charge >= 0.3 is 5.97 Å². The predicted molar refractivity (Wildman–Crippen MR) is 91.7 cm³/mol. The Morgan fingerprint density at radius 2 is 1.58 bits per heavy atom. The summed E-state index contributed by atoms with van der Waals surface area (Å²) in [5.74, 6) is 2.28. The zero-order chi connectivity index (χ0) is 17.4. The Morgan fingerprint density at radius 1 is 1.00 bits per heavy atom. The summed E-state index contributed by atoms with van der Waals surface area (Å²) in [6.07, 6.45) is 11.6. The second-order valence-corrected chi connectivity index (χ2v) is 7.63.